The molecule has 0 amide bonds. The fraction of sp³-hybridized carbons (Fsp3) is 1.00. The first-order valence-electron chi connectivity index (χ1n) is 9.35. The number of hydroxylamine groups is 1. The maximum Gasteiger partial charge on any atom is 0.0448 e. The molecule has 0 saturated heterocycles. The van der Waals surface area contributed by atoms with Crippen molar-refractivity contribution in [3.8, 4) is 0 Å². The molecule has 3 N–H and O–H groups in total. The van der Waals surface area contributed by atoms with Gasteiger partial charge in [0, 0.05) is 18.8 Å². The van der Waals surface area contributed by atoms with Crippen LogP contribution in [0.2, 0.25) is 0 Å². The van der Waals surface area contributed by atoms with E-state index in [-0.39, 0.29) is 13.2 Å². The SMILES string of the molecule is CCCCCCCCCCCCCC(CCO)(CCO)N[O-]. The van der Waals surface area contributed by atoms with Crippen LogP contribution < -0.4 is 5.48 Å². The van der Waals surface area contributed by atoms with Gasteiger partial charge in [0.25, 0.3) is 0 Å². The van der Waals surface area contributed by atoms with Gasteiger partial charge in [-0.25, -0.2) is 0 Å². The second-order valence-electron chi connectivity index (χ2n) is 6.62. The summed E-state index contributed by atoms with van der Waals surface area (Å²) in [5.74, 6) is 0. The molecule has 0 saturated carbocycles. The molecule has 0 aliphatic rings. The molecule has 4 heteroatoms. The molecule has 22 heavy (non-hydrogen) atoms. The van der Waals surface area contributed by atoms with E-state index in [1.807, 2.05) is 0 Å². The highest BCUT2D eigenvalue weighted by Gasteiger charge is 2.24. The molecule has 0 radical (unpaired) electrons. The summed E-state index contributed by atoms with van der Waals surface area (Å²) >= 11 is 0. The molecule has 0 rings (SSSR count). The average Bonchev–Trinajstić information content (AvgIpc) is 2.53. The minimum Gasteiger partial charge on any atom is -0.787 e. The number of nitrogens with one attached hydrogen (secondary N) is 1. The van der Waals surface area contributed by atoms with E-state index in [1.54, 1.807) is 0 Å². The summed E-state index contributed by atoms with van der Waals surface area (Å²) in [6.07, 6.45) is 15.7. The van der Waals surface area contributed by atoms with Crippen LogP contribution in [0.3, 0.4) is 0 Å². The number of aliphatic hydroxyl groups is 2. The summed E-state index contributed by atoms with van der Waals surface area (Å²) in [4.78, 5) is 0. The molecular weight excluding hydrogens is 278 g/mol. The van der Waals surface area contributed by atoms with Gasteiger partial charge in [0.2, 0.25) is 0 Å². The van der Waals surface area contributed by atoms with Gasteiger partial charge in [-0.3, -0.25) is 0 Å². The number of hydrogen-bond acceptors (Lipinski definition) is 4. The van der Waals surface area contributed by atoms with Gasteiger partial charge in [-0.05, 0) is 19.3 Å². The molecule has 134 valence electrons. The van der Waals surface area contributed by atoms with Crippen LogP contribution in [-0.2, 0) is 0 Å². The zero-order chi connectivity index (χ0) is 16.5. The van der Waals surface area contributed by atoms with E-state index in [1.165, 1.54) is 57.8 Å². The van der Waals surface area contributed by atoms with Gasteiger partial charge in [-0.15, -0.1) is 0 Å². The topological polar surface area (TPSA) is 75.5 Å². The van der Waals surface area contributed by atoms with Crippen molar-refractivity contribution in [3.05, 3.63) is 5.21 Å². The second-order valence-corrected chi connectivity index (χ2v) is 6.62. The Morgan fingerprint density at radius 1 is 0.682 bits per heavy atom. The fourth-order valence-corrected chi connectivity index (χ4v) is 3.08. The number of rotatable bonds is 17. The van der Waals surface area contributed by atoms with Crippen LogP contribution >= 0.6 is 0 Å². The summed E-state index contributed by atoms with van der Waals surface area (Å²) < 4.78 is 0. The highest BCUT2D eigenvalue weighted by Crippen LogP contribution is 2.23. The molecular formula is C18H38NO3-. The van der Waals surface area contributed by atoms with Crippen molar-refractivity contribution in [3.63, 3.8) is 0 Å². The van der Waals surface area contributed by atoms with E-state index in [4.69, 9.17) is 10.2 Å². The second kappa shape index (κ2) is 15.7. The van der Waals surface area contributed by atoms with E-state index in [2.05, 4.69) is 12.4 Å². The first kappa shape index (κ1) is 21.8. The van der Waals surface area contributed by atoms with Crippen LogP contribution in [0, 0.1) is 5.21 Å². The number of hydrogen-bond donors (Lipinski definition) is 3. The van der Waals surface area contributed by atoms with Gasteiger partial charge in [-0.1, -0.05) is 77.6 Å². The normalized spacial score (nSPS) is 12.0. The van der Waals surface area contributed by atoms with Crippen LogP contribution in [-0.4, -0.2) is 29.0 Å². The maximum atomic E-state index is 11.2. The molecule has 0 atom stereocenters. The largest absolute Gasteiger partial charge is 0.787 e. The molecule has 0 heterocycles. The monoisotopic (exact) mass is 316 g/mol. The lowest BCUT2D eigenvalue weighted by molar-refractivity contribution is 0.164. The first-order chi connectivity index (χ1) is 10.7. The highest BCUT2D eigenvalue weighted by molar-refractivity contribution is 4.87. The summed E-state index contributed by atoms with van der Waals surface area (Å²) in [5, 5.41) is 29.3. The van der Waals surface area contributed by atoms with Crippen molar-refractivity contribution in [1.29, 1.82) is 0 Å². The Morgan fingerprint density at radius 3 is 1.45 bits per heavy atom. The Balaban J connectivity index is 3.53. The van der Waals surface area contributed by atoms with Crippen LogP contribution in [0.4, 0.5) is 0 Å². The van der Waals surface area contributed by atoms with Crippen molar-refractivity contribution in [1.82, 2.24) is 5.48 Å². The Morgan fingerprint density at radius 2 is 1.09 bits per heavy atom. The van der Waals surface area contributed by atoms with E-state index < -0.39 is 5.54 Å². The smallest absolute Gasteiger partial charge is 0.0448 e. The predicted octanol–water partition coefficient (Wildman–Crippen LogP) is 4.28. The minimum atomic E-state index is -0.622. The van der Waals surface area contributed by atoms with Crippen LogP contribution in [0.25, 0.3) is 0 Å². The third kappa shape index (κ3) is 11.4. The number of aliphatic hydroxyl groups excluding tert-OH is 2. The van der Waals surface area contributed by atoms with Gasteiger partial charge < -0.3 is 20.9 Å². The zero-order valence-electron chi connectivity index (χ0n) is 14.6. The maximum absolute atomic E-state index is 11.2. The number of unbranched alkanes of at least 4 members (excludes halogenated alkanes) is 10. The summed E-state index contributed by atoms with van der Waals surface area (Å²) in [6.45, 7) is 2.23. The van der Waals surface area contributed by atoms with E-state index >= 15 is 0 Å². The van der Waals surface area contributed by atoms with Crippen molar-refractivity contribution < 1.29 is 10.2 Å². The molecule has 0 aromatic rings. The fourth-order valence-electron chi connectivity index (χ4n) is 3.08. The van der Waals surface area contributed by atoms with Crippen LogP contribution in [0.5, 0.6) is 0 Å². The van der Waals surface area contributed by atoms with Crippen molar-refractivity contribution in [2.75, 3.05) is 13.2 Å². The zero-order valence-corrected chi connectivity index (χ0v) is 14.6. The lowest BCUT2D eigenvalue weighted by Gasteiger charge is -2.38. The summed E-state index contributed by atoms with van der Waals surface area (Å²) in [7, 11) is 0. The quantitative estimate of drug-likeness (QED) is 0.276. The minimum absolute atomic E-state index is 0.00668. The Hall–Kier alpha value is -0.160. The average molecular weight is 317 g/mol. The summed E-state index contributed by atoms with van der Waals surface area (Å²) in [5.41, 5.74) is 1.46. The van der Waals surface area contributed by atoms with Gasteiger partial charge in [0.15, 0.2) is 0 Å². The van der Waals surface area contributed by atoms with Gasteiger partial charge in [0.1, 0.15) is 0 Å². The van der Waals surface area contributed by atoms with Crippen LogP contribution in [0.1, 0.15) is 96.8 Å². The van der Waals surface area contributed by atoms with Crippen molar-refractivity contribution >= 4 is 0 Å². The molecule has 0 unspecified atom stereocenters. The Labute approximate surface area is 137 Å². The standard InChI is InChI=1S/C18H38NO3/c1-2-3-4-5-6-7-8-9-10-11-12-13-18(19-22,14-16-20)15-17-21/h19-21H,2-17H2,1H3/q-1. The van der Waals surface area contributed by atoms with Crippen LogP contribution in [0.15, 0.2) is 0 Å². The Kier molecular flexibility index (Phi) is 15.6. The molecule has 4 nitrogen and oxygen atoms in total. The van der Waals surface area contributed by atoms with E-state index in [0.717, 1.165) is 19.3 Å². The molecule has 0 aliphatic heterocycles. The molecule has 0 aromatic heterocycles. The molecule has 0 fully saturated rings. The first-order valence-corrected chi connectivity index (χ1v) is 9.35. The van der Waals surface area contributed by atoms with Gasteiger partial charge in [-0.2, -0.15) is 0 Å². The van der Waals surface area contributed by atoms with Gasteiger partial charge in [0.05, 0.1) is 0 Å². The van der Waals surface area contributed by atoms with Crippen molar-refractivity contribution in [2.45, 2.75) is 102 Å². The molecule has 0 aromatic carbocycles. The lowest BCUT2D eigenvalue weighted by atomic mass is 9.86. The molecule has 0 spiro atoms. The molecule has 0 aliphatic carbocycles. The van der Waals surface area contributed by atoms with E-state index in [9.17, 15) is 5.21 Å². The summed E-state index contributed by atoms with van der Waals surface area (Å²) in [6, 6.07) is 0. The third-order valence-electron chi connectivity index (χ3n) is 4.66. The van der Waals surface area contributed by atoms with Crippen molar-refractivity contribution in [2.24, 2.45) is 0 Å². The van der Waals surface area contributed by atoms with E-state index in [0.29, 0.717) is 12.8 Å². The Bertz CT molecular complexity index is 218. The highest BCUT2D eigenvalue weighted by atomic mass is 16.5. The predicted molar refractivity (Wildman–Crippen MR) is 93.7 cm³/mol. The lowest BCUT2D eigenvalue weighted by Crippen LogP contribution is -2.43. The molecule has 0 bridgehead atoms. The van der Waals surface area contributed by atoms with Gasteiger partial charge >= 0.3 is 0 Å². The third-order valence-corrected chi connectivity index (χ3v) is 4.66.